The van der Waals surface area contributed by atoms with Gasteiger partial charge in [0.05, 0.1) is 16.2 Å². The molecule has 2 amide bonds. The van der Waals surface area contributed by atoms with Crippen LogP contribution in [0.2, 0.25) is 0 Å². The normalized spacial score (nSPS) is 11.3. The maximum absolute atomic E-state index is 12.7. The smallest absolute Gasteiger partial charge is 0.256 e. The molecule has 0 heterocycles. The summed E-state index contributed by atoms with van der Waals surface area (Å²) < 4.78 is 24.8. The van der Waals surface area contributed by atoms with Crippen molar-refractivity contribution in [1.82, 2.24) is 0 Å². The second kappa shape index (κ2) is 8.81. The summed E-state index contributed by atoms with van der Waals surface area (Å²) in [4.78, 5) is 24.5. The Hall–Kier alpha value is -2.67. The van der Waals surface area contributed by atoms with Crippen LogP contribution in [0, 0.1) is 5.92 Å². The molecule has 0 aromatic heterocycles. The van der Waals surface area contributed by atoms with E-state index in [1.54, 1.807) is 57.2 Å². The van der Waals surface area contributed by atoms with Crippen molar-refractivity contribution in [1.29, 1.82) is 0 Å². The summed E-state index contributed by atoms with van der Waals surface area (Å²) in [5.74, 6) is -0.834. The number of benzene rings is 2. The fraction of sp³-hybridized carbons (Fsp3) is 0.300. The maximum atomic E-state index is 12.7. The van der Waals surface area contributed by atoms with E-state index in [4.69, 9.17) is 0 Å². The van der Waals surface area contributed by atoms with Gasteiger partial charge >= 0.3 is 0 Å². The lowest BCUT2D eigenvalue weighted by Crippen LogP contribution is -2.19. The van der Waals surface area contributed by atoms with Crippen LogP contribution in [-0.4, -0.2) is 26.0 Å². The van der Waals surface area contributed by atoms with Gasteiger partial charge in [-0.3, -0.25) is 9.59 Å². The first kappa shape index (κ1) is 20.6. The Balaban J connectivity index is 2.25. The highest BCUT2D eigenvalue weighted by molar-refractivity contribution is 7.91. The highest BCUT2D eigenvalue weighted by Gasteiger charge is 2.21. The number of sulfone groups is 1. The average Bonchev–Trinajstić information content (AvgIpc) is 2.62. The first-order valence-electron chi connectivity index (χ1n) is 8.78. The van der Waals surface area contributed by atoms with E-state index in [9.17, 15) is 18.0 Å². The topological polar surface area (TPSA) is 92.3 Å². The predicted octanol–water partition coefficient (Wildman–Crippen LogP) is 3.72. The molecule has 0 saturated heterocycles. The summed E-state index contributed by atoms with van der Waals surface area (Å²) in [5, 5.41) is 5.46. The molecule has 0 radical (unpaired) electrons. The molecule has 0 saturated carbocycles. The van der Waals surface area contributed by atoms with Crippen LogP contribution in [0.1, 0.15) is 37.6 Å². The van der Waals surface area contributed by atoms with Crippen LogP contribution in [-0.2, 0) is 14.6 Å². The Kier molecular flexibility index (Phi) is 6.74. The highest BCUT2D eigenvalue weighted by Crippen LogP contribution is 2.21. The van der Waals surface area contributed by atoms with Gasteiger partial charge in [0.25, 0.3) is 5.91 Å². The van der Waals surface area contributed by atoms with Gasteiger partial charge in [-0.25, -0.2) is 8.42 Å². The summed E-state index contributed by atoms with van der Waals surface area (Å²) in [6.07, 6.45) is 0.468. The van der Waals surface area contributed by atoms with Crippen LogP contribution in [0.4, 0.5) is 11.4 Å². The molecule has 27 heavy (non-hydrogen) atoms. The molecular formula is C20H24N2O4S. The van der Waals surface area contributed by atoms with Crippen LogP contribution >= 0.6 is 0 Å². The fourth-order valence-electron chi connectivity index (χ4n) is 2.46. The number of nitrogens with one attached hydrogen (secondary N) is 2. The van der Waals surface area contributed by atoms with E-state index in [0.29, 0.717) is 17.8 Å². The zero-order valence-electron chi connectivity index (χ0n) is 15.7. The fourth-order valence-corrected chi connectivity index (χ4v) is 4.00. The van der Waals surface area contributed by atoms with Gasteiger partial charge in [-0.05, 0) is 36.8 Å². The molecule has 0 aliphatic rings. The number of hydrogen-bond donors (Lipinski definition) is 2. The molecule has 2 aromatic rings. The Labute approximate surface area is 159 Å². The number of carbonyl (C=O) groups excluding carboxylic acids is 2. The van der Waals surface area contributed by atoms with E-state index in [1.807, 2.05) is 0 Å². The van der Waals surface area contributed by atoms with Crippen molar-refractivity contribution in [3.05, 3.63) is 54.1 Å². The van der Waals surface area contributed by atoms with Crippen molar-refractivity contribution in [2.24, 2.45) is 5.92 Å². The van der Waals surface area contributed by atoms with Crippen LogP contribution in [0.25, 0.3) is 0 Å². The van der Waals surface area contributed by atoms with E-state index in [1.165, 1.54) is 12.1 Å². The van der Waals surface area contributed by atoms with Crippen molar-refractivity contribution in [3.8, 4) is 0 Å². The maximum Gasteiger partial charge on any atom is 0.256 e. The van der Waals surface area contributed by atoms with E-state index >= 15 is 0 Å². The van der Waals surface area contributed by atoms with E-state index < -0.39 is 15.7 Å². The van der Waals surface area contributed by atoms with Crippen molar-refractivity contribution in [2.45, 2.75) is 32.1 Å². The third-order valence-corrected chi connectivity index (χ3v) is 5.82. The summed E-state index contributed by atoms with van der Waals surface area (Å²) in [7, 11) is -3.53. The average molecular weight is 388 g/mol. The number of hydrogen-bond acceptors (Lipinski definition) is 4. The largest absolute Gasteiger partial charge is 0.326 e. The number of anilines is 2. The molecule has 2 aromatic carbocycles. The standard InChI is InChI=1S/C20H24N2O4S/c1-4-12-27(25,26)18-11-6-5-10-17(18)20(24)22-16-9-7-8-15(13-16)21-19(23)14(2)3/h5-11,13-14H,4,12H2,1-3H3,(H,21,23)(H,22,24). The zero-order valence-corrected chi connectivity index (χ0v) is 16.5. The van der Waals surface area contributed by atoms with Gasteiger partial charge < -0.3 is 10.6 Å². The molecule has 0 bridgehead atoms. The molecule has 0 unspecified atom stereocenters. The number of carbonyl (C=O) groups is 2. The molecule has 6 nitrogen and oxygen atoms in total. The minimum Gasteiger partial charge on any atom is -0.326 e. The van der Waals surface area contributed by atoms with Gasteiger partial charge in [-0.1, -0.05) is 39.0 Å². The third-order valence-electron chi connectivity index (χ3n) is 3.85. The van der Waals surface area contributed by atoms with Crippen molar-refractivity contribution >= 4 is 33.0 Å². The van der Waals surface area contributed by atoms with Crippen molar-refractivity contribution < 1.29 is 18.0 Å². The lowest BCUT2D eigenvalue weighted by atomic mass is 10.2. The van der Waals surface area contributed by atoms with Gasteiger partial charge in [0, 0.05) is 17.3 Å². The molecule has 0 fully saturated rings. The molecule has 2 rings (SSSR count). The van der Waals surface area contributed by atoms with Gasteiger partial charge in [0.15, 0.2) is 9.84 Å². The summed E-state index contributed by atoms with van der Waals surface area (Å²) in [6.45, 7) is 5.35. The molecule has 144 valence electrons. The lowest BCUT2D eigenvalue weighted by Gasteiger charge is -2.12. The first-order chi connectivity index (χ1) is 12.7. The second-order valence-electron chi connectivity index (χ2n) is 6.49. The molecule has 0 aliphatic heterocycles. The summed E-state index contributed by atoms with van der Waals surface area (Å²) in [6, 6.07) is 12.9. The van der Waals surface area contributed by atoms with Crippen LogP contribution in [0.3, 0.4) is 0 Å². The lowest BCUT2D eigenvalue weighted by molar-refractivity contribution is -0.118. The molecular weight excluding hydrogens is 364 g/mol. The number of amides is 2. The quantitative estimate of drug-likeness (QED) is 0.756. The van der Waals surface area contributed by atoms with Crippen LogP contribution < -0.4 is 10.6 Å². The van der Waals surface area contributed by atoms with Crippen molar-refractivity contribution in [3.63, 3.8) is 0 Å². The Morgan fingerprint density at radius 3 is 2.22 bits per heavy atom. The Bertz CT molecular complexity index is 937. The van der Waals surface area contributed by atoms with Gasteiger partial charge in [-0.15, -0.1) is 0 Å². The molecule has 0 aliphatic carbocycles. The monoisotopic (exact) mass is 388 g/mol. The minimum absolute atomic E-state index is 0.0198. The minimum atomic E-state index is -3.53. The van der Waals surface area contributed by atoms with Gasteiger partial charge in [0.2, 0.25) is 5.91 Å². The molecule has 2 N–H and O–H groups in total. The number of rotatable bonds is 7. The van der Waals surface area contributed by atoms with E-state index in [-0.39, 0.29) is 28.0 Å². The summed E-state index contributed by atoms with van der Waals surface area (Å²) >= 11 is 0. The first-order valence-corrected chi connectivity index (χ1v) is 10.4. The SMILES string of the molecule is CCCS(=O)(=O)c1ccccc1C(=O)Nc1cccc(NC(=O)C(C)C)c1. The molecule has 0 spiro atoms. The Morgan fingerprint density at radius 2 is 1.59 bits per heavy atom. The Morgan fingerprint density at radius 1 is 0.963 bits per heavy atom. The zero-order chi connectivity index (χ0) is 20.0. The van der Waals surface area contributed by atoms with Crippen LogP contribution in [0.5, 0.6) is 0 Å². The van der Waals surface area contributed by atoms with E-state index in [2.05, 4.69) is 10.6 Å². The van der Waals surface area contributed by atoms with Crippen molar-refractivity contribution in [2.75, 3.05) is 16.4 Å². The van der Waals surface area contributed by atoms with E-state index in [0.717, 1.165) is 0 Å². The molecule has 7 heteroatoms. The van der Waals surface area contributed by atoms with Crippen LogP contribution in [0.15, 0.2) is 53.4 Å². The van der Waals surface area contributed by atoms with Gasteiger partial charge in [-0.2, -0.15) is 0 Å². The van der Waals surface area contributed by atoms with Gasteiger partial charge in [0.1, 0.15) is 0 Å². The second-order valence-corrected chi connectivity index (χ2v) is 8.57. The molecule has 0 atom stereocenters. The predicted molar refractivity (Wildman–Crippen MR) is 107 cm³/mol. The summed E-state index contributed by atoms with van der Waals surface area (Å²) in [5.41, 5.74) is 1.12. The third kappa shape index (κ3) is 5.40. The highest BCUT2D eigenvalue weighted by atomic mass is 32.2.